The summed E-state index contributed by atoms with van der Waals surface area (Å²) in [6.45, 7) is 5.76. The number of carbonyl (C=O) groups is 1. The van der Waals surface area contributed by atoms with Crippen molar-refractivity contribution in [2.24, 2.45) is 17.3 Å². The zero-order valence-electron chi connectivity index (χ0n) is 18.5. The predicted octanol–water partition coefficient (Wildman–Crippen LogP) is 3.74. The molecule has 0 aromatic carbocycles. The van der Waals surface area contributed by atoms with E-state index in [1.165, 1.54) is 25.7 Å². The molecule has 1 saturated heterocycles. The van der Waals surface area contributed by atoms with Gasteiger partial charge in [-0.05, 0) is 77.7 Å². The number of nitrogens with one attached hydrogen (secondary N) is 1. The summed E-state index contributed by atoms with van der Waals surface area (Å²) in [6.07, 6.45) is 12.6. The van der Waals surface area contributed by atoms with Gasteiger partial charge in [0.05, 0.1) is 17.1 Å². The molecule has 0 aromatic heterocycles. The molecule has 0 unspecified atom stereocenters. The molecule has 0 amide bonds. The highest BCUT2D eigenvalue weighted by Crippen LogP contribution is 2.61. The van der Waals surface area contributed by atoms with Gasteiger partial charge in [0, 0.05) is 25.0 Å². The van der Waals surface area contributed by atoms with Crippen LogP contribution in [0.15, 0.2) is 11.6 Å². The average molecular weight is 406 g/mol. The molecule has 4 rings (SSSR count). The fourth-order valence-electron chi connectivity index (χ4n) is 6.75. The lowest BCUT2D eigenvalue weighted by atomic mass is 9.49. The average Bonchev–Trinajstić information content (AvgIpc) is 2.99. The van der Waals surface area contributed by atoms with Gasteiger partial charge in [-0.25, -0.2) is 0 Å². The smallest absolute Gasteiger partial charge is 0.310 e. The van der Waals surface area contributed by atoms with Crippen molar-refractivity contribution in [3.63, 3.8) is 0 Å². The van der Waals surface area contributed by atoms with E-state index in [4.69, 9.17) is 9.47 Å². The predicted molar refractivity (Wildman–Crippen MR) is 112 cm³/mol. The fraction of sp³-hybridized carbons (Fsp3) is 0.875. The van der Waals surface area contributed by atoms with E-state index in [-0.39, 0.29) is 29.3 Å². The van der Waals surface area contributed by atoms with Crippen molar-refractivity contribution in [2.75, 3.05) is 20.2 Å². The van der Waals surface area contributed by atoms with Crippen LogP contribution in [-0.2, 0) is 14.3 Å². The molecule has 0 bridgehead atoms. The Balaban J connectivity index is 1.42. The lowest BCUT2D eigenvalue weighted by Crippen LogP contribution is -2.69. The molecule has 6 atom stereocenters. The number of hydrogen-bond acceptors (Lipinski definition) is 5. The van der Waals surface area contributed by atoms with E-state index >= 15 is 0 Å². The van der Waals surface area contributed by atoms with Crippen LogP contribution < -0.4 is 5.32 Å². The van der Waals surface area contributed by atoms with Gasteiger partial charge in [-0.3, -0.25) is 4.79 Å². The van der Waals surface area contributed by atoms with E-state index in [0.717, 1.165) is 38.6 Å². The van der Waals surface area contributed by atoms with Crippen LogP contribution in [0.4, 0.5) is 0 Å². The van der Waals surface area contributed by atoms with Gasteiger partial charge < -0.3 is 19.9 Å². The summed E-state index contributed by atoms with van der Waals surface area (Å²) in [5, 5.41) is 15.5. The van der Waals surface area contributed by atoms with Crippen LogP contribution in [0, 0.1) is 17.3 Å². The first-order chi connectivity index (χ1) is 13.8. The number of allylic oxidation sites excluding steroid dienone is 1. The molecular weight excluding hydrogens is 366 g/mol. The normalized spacial score (nSPS) is 44.6. The minimum Gasteiger partial charge on any atom is -0.462 e. The SMILES string of the molecule is CO[C@@]1(C)CCC[C@@]2(C)C[C@H]3OC(=O)[C@@H](CNCCC4=CCCCC4)[C@@H]3C[C@@]21O. The van der Waals surface area contributed by atoms with Crippen LogP contribution in [0.1, 0.15) is 78.1 Å². The van der Waals surface area contributed by atoms with Crippen molar-refractivity contribution >= 4 is 5.97 Å². The van der Waals surface area contributed by atoms with Crippen molar-refractivity contribution in [3.05, 3.63) is 11.6 Å². The quantitative estimate of drug-likeness (QED) is 0.400. The van der Waals surface area contributed by atoms with Gasteiger partial charge in [-0.15, -0.1) is 0 Å². The Hall–Kier alpha value is -0.910. The van der Waals surface area contributed by atoms with Gasteiger partial charge in [0.2, 0.25) is 0 Å². The number of esters is 1. The highest BCUT2D eigenvalue weighted by Gasteiger charge is 2.67. The Morgan fingerprint density at radius 1 is 1.24 bits per heavy atom. The van der Waals surface area contributed by atoms with Crippen LogP contribution in [0.25, 0.3) is 0 Å². The van der Waals surface area contributed by atoms with Crippen LogP contribution in [0.3, 0.4) is 0 Å². The summed E-state index contributed by atoms with van der Waals surface area (Å²) in [7, 11) is 1.71. The standard InChI is InChI=1S/C24H39NO4/c1-22-11-7-12-23(2,28-3)24(22,27)14-18-19(21(26)29-20(18)15-22)16-25-13-10-17-8-5-4-6-9-17/h8,18-20,25,27H,4-7,9-16H2,1-3H3/t18-,19-,20+,22-,23-,24+/m0/s1. The van der Waals surface area contributed by atoms with E-state index < -0.39 is 11.2 Å². The number of ether oxygens (including phenoxy) is 2. The lowest BCUT2D eigenvalue weighted by Gasteiger charge is -2.62. The molecule has 1 aliphatic heterocycles. The maximum Gasteiger partial charge on any atom is 0.310 e. The summed E-state index contributed by atoms with van der Waals surface area (Å²) in [5.74, 6) is -0.194. The van der Waals surface area contributed by atoms with Crippen molar-refractivity contribution in [1.82, 2.24) is 5.32 Å². The summed E-state index contributed by atoms with van der Waals surface area (Å²) < 4.78 is 11.7. The van der Waals surface area contributed by atoms with Crippen molar-refractivity contribution in [1.29, 1.82) is 0 Å². The fourth-order valence-corrected chi connectivity index (χ4v) is 6.75. The zero-order chi connectivity index (χ0) is 20.7. The van der Waals surface area contributed by atoms with Crippen molar-refractivity contribution in [3.8, 4) is 0 Å². The Bertz CT molecular complexity index is 663. The molecule has 5 nitrogen and oxygen atoms in total. The molecule has 5 heteroatoms. The first-order valence-corrected chi connectivity index (χ1v) is 11.7. The Morgan fingerprint density at radius 3 is 2.79 bits per heavy atom. The minimum atomic E-state index is -0.923. The third-order valence-corrected chi connectivity index (χ3v) is 8.83. The van der Waals surface area contributed by atoms with E-state index in [9.17, 15) is 9.90 Å². The van der Waals surface area contributed by atoms with Crippen LogP contribution in [-0.4, -0.2) is 48.6 Å². The molecule has 29 heavy (non-hydrogen) atoms. The maximum absolute atomic E-state index is 12.7. The third kappa shape index (κ3) is 3.57. The molecule has 0 spiro atoms. The van der Waals surface area contributed by atoms with Crippen molar-refractivity contribution < 1.29 is 19.4 Å². The molecule has 3 fully saturated rings. The molecule has 4 aliphatic rings. The van der Waals surface area contributed by atoms with E-state index in [2.05, 4.69) is 18.3 Å². The summed E-state index contributed by atoms with van der Waals surface area (Å²) in [6, 6.07) is 0. The van der Waals surface area contributed by atoms with E-state index in [1.807, 2.05) is 6.92 Å². The molecule has 0 radical (unpaired) electrons. The minimum absolute atomic E-state index is 0.0644. The van der Waals surface area contributed by atoms with E-state index in [0.29, 0.717) is 13.0 Å². The molecule has 2 saturated carbocycles. The second-order valence-corrected chi connectivity index (χ2v) is 10.4. The number of fused-ring (bicyclic) bond motifs is 2. The molecule has 1 heterocycles. The molecular formula is C24H39NO4. The summed E-state index contributed by atoms with van der Waals surface area (Å²) >= 11 is 0. The number of carbonyl (C=O) groups excluding carboxylic acids is 1. The van der Waals surface area contributed by atoms with Crippen LogP contribution >= 0.6 is 0 Å². The summed E-state index contributed by atoms with van der Waals surface area (Å²) in [5.41, 5.74) is -0.209. The Kier molecular flexibility index (Phi) is 5.86. The number of methoxy groups -OCH3 is 1. The van der Waals surface area contributed by atoms with Gasteiger partial charge in [0.25, 0.3) is 0 Å². The third-order valence-electron chi connectivity index (χ3n) is 8.83. The maximum atomic E-state index is 12.7. The highest BCUT2D eigenvalue weighted by molar-refractivity contribution is 5.75. The first kappa shape index (κ1) is 21.3. The summed E-state index contributed by atoms with van der Waals surface area (Å²) in [4.78, 5) is 12.7. The molecule has 164 valence electrons. The number of rotatable bonds is 6. The second kappa shape index (κ2) is 7.97. The second-order valence-electron chi connectivity index (χ2n) is 10.4. The zero-order valence-corrected chi connectivity index (χ0v) is 18.5. The van der Waals surface area contributed by atoms with Gasteiger partial charge in [-0.1, -0.05) is 18.6 Å². The lowest BCUT2D eigenvalue weighted by molar-refractivity contribution is -0.270. The number of hydrogen-bond donors (Lipinski definition) is 2. The van der Waals surface area contributed by atoms with Crippen LogP contribution in [0.2, 0.25) is 0 Å². The first-order valence-electron chi connectivity index (χ1n) is 11.7. The largest absolute Gasteiger partial charge is 0.462 e. The Morgan fingerprint density at radius 2 is 2.07 bits per heavy atom. The Labute approximate surface area is 175 Å². The van der Waals surface area contributed by atoms with Crippen LogP contribution in [0.5, 0.6) is 0 Å². The number of aliphatic hydroxyl groups is 1. The highest BCUT2D eigenvalue weighted by atomic mass is 16.6. The van der Waals surface area contributed by atoms with Gasteiger partial charge in [0.1, 0.15) is 6.10 Å². The van der Waals surface area contributed by atoms with Gasteiger partial charge in [-0.2, -0.15) is 0 Å². The molecule has 0 aromatic rings. The van der Waals surface area contributed by atoms with Crippen molar-refractivity contribution in [2.45, 2.75) is 95.4 Å². The van der Waals surface area contributed by atoms with E-state index in [1.54, 1.807) is 12.7 Å². The monoisotopic (exact) mass is 405 g/mol. The molecule has 3 aliphatic carbocycles. The van der Waals surface area contributed by atoms with Gasteiger partial charge >= 0.3 is 5.97 Å². The molecule has 2 N–H and O–H groups in total. The topological polar surface area (TPSA) is 67.8 Å². The van der Waals surface area contributed by atoms with Gasteiger partial charge in [0.15, 0.2) is 0 Å².